The number of likely N-dealkylation sites (N-methyl/N-ethyl adjacent to an activating group) is 4. The number of amides is 4. The van der Waals surface area contributed by atoms with E-state index in [1.165, 1.54) is 42.0 Å². The summed E-state index contributed by atoms with van der Waals surface area (Å²) < 4.78 is 25.7. The predicted octanol–water partition coefficient (Wildman–Crippen LogP) is 5.44. The summed E-state index contributed by atoms with van der Waals surface area (Å²) in [6.07, 6.45) is -1.89. The molecule has 4 rings (SSSR count). The quantitative estimate of drug-likeness (QED) is 0.139. The van der Waals surface area contributed by atoms with Gasteiger partial charge in [0.05, 0.1) is 12.7 Å². The van der Waals surface area contributed by atoms with Crippen LogP contribution in [0.5, 0.6) is 0 Å². The molecule has 1 aliphatic heterocycles. The molecule has 0 unspecified atom stereocenters. The zero-order chi connectivity index (χ0) is 57.4. The van der Waals surface area contributed by atoms with E-state index in [0.29, 0.717) is 24.1 Å². The summed E-state index contributed by atoms with van der Waals surface area (Å²) in [6.45, 7) is 17.9. The van der Waals surface area contributed by atoms with Crippen molar-refractivity contribution < 1.29 is 62.4 Å². The lowest BCUT2D eigenvalue weighted by molar-refractivity contribution is -0.176. The maximum Gasteiger partial charge on any atom is 0.329 e. The first kappa shape index (κ1) is 62.9. The molecule has 1 fully saturated rings. The van der Waals surface area contributed by atoms with Gasteiger partial charge in [0.25, 0.3) is 23.6 Å². The molecular weight excluding hydrogens is 989 g/mol. The molecular formula is C58H84N6O13. The smallest absolute Gasteiger partial charge is 0.329 e. The molecule has 4 amide bonds. The first-order valence-electron chi connectivity index (χ1n) is 26.8. The standard InChI is InChI=1S/C58H84N6O13/c1-35(2)26-45-55(70)74-40(10)52(67)61(12)48(29-38(7)8)58(73)77-50(31-42-20-22-43(23-21-42)33-64-34-44(24-25-65)32-59-64)54(69)63(14)46(27-36(3)4)56(71)75-39(9)51(66)60(11)47(28-37(5)6)57(72)76-49(53(68)62(45)13)30-41-18-16-15-17-19-41/h15-23,32,34-40,45-50,65H,24-31,33H2,1-14H3/t39-,40-,45+,46+,47+,48+,49-,50-/m1/s1. The zero-order valence-electron chi connectivity index (χ0n) is 47.7. The maximum absolute atomic E-state index is 15.0. The van der Waals surface area contributed by atoms with E-state index in [-0.39, 0.29) is 68.8 Å². The molecule has 0 aliphatic carbocycles. The third-order valence-corrected chi connectivity index (χ3v) is 13.6. The second-order valence-corrected chi connectivity index (χ2v) is 22.1. The predicted molar refractivity (Wildman–Crippen MR) is 287 cm³/mol. The van der Waals surface area contributed by atoms with Gasteiger partial charge in [-0.05, 0) is 91.9 Å². The van der Waals surface area contributed by atoms with Gasteiger partial charge in [0.2, 0.25) is 0 Å². The lowest BCUT2D eigenvalue weighted by Crippen LogP contribution is -2.55. The molecule has 0 spiro atoms. The molecule has 0 radical (unpaired) electrons. The van der Waals surface area contributed by atoms with Gasteiger partial charge in [0.15, 0.2) is 24.4 Å². The van der Waals surface area contributed by atoms with Crippen molar-refractivity contribution in [1.82, 2.24) is 29.4 Å². The summed E-state index contributed by atoms with van der Waals surface area (Å²) in [5, 5.41) is 13.7. The highest BCUT2D eigenvalue weighted by Crippen LogP contribution is 2.24. The average molecular weight is 1070 g/mol. The minimum Gasteiger partial charge on any atom is -0.451 e. The summed E-state index contributed by atoms with van der Waals surface area (Å²) in [5.74, 6) is -7.39. The van der Waals surface area contributed by atoms with E-state index in [2.05, 4.69) is 5.10 Å². The van der Waals surface area contributed by atoms with E-state index in [0.717, 1.165) is 30.7 Å². The third kappa shape index (κ3) is 18.2. The minimum atomic E-state index is -1.55. The van der Waals surface area contributed by atoms with Gasteiger partial charge in [-0.3, -0.25) is 23.9 Å². The number of nitrogens with zero attached hydrogens (tertiary/aromatic N) is 6. The van der Waals surface area contributed by atoms with Crippen molar-refractivity contribution in [2.45, 2.75) is 169 Å². The van der Waals surface area contributed by atoms with Gasteiger partial charge in [0, 0.05) is 53.8 Å². The number of aromatic nitrogens is 2. The van der Waals surface area contributed by atoms with Crippen LogP contribution in [0.25, 0.3) is 0 Å². The largest absolute Gasteiger partial charge is 0.451 e. The molecule has 8 atom stereocenters. The monoisotopic (exact) mass is 1070 g/mol. The summed E-state index contributed by atoms with van der Waals surface area (Å²) in [4.78, 5) is 121. The topological polar surface area (TPSA) is 224 Å². The third-order valence-electron chi connectivity index (χ3n) is 13.6. The van der Waals surface area contributed by atoms with Crippen molar-refractivity contribution >= 4 is 47.5 Å². The van der Waals surface area contributed by atoms with Crippen LogP contribution in [0.3, 0.4) is 0 Å². The fourth-order valence-corrected chi connectivity index (χ4v) is 9.24. The number of ether oxygens (including phenoxy) is 4. The number of aliphatic hydroxyl groups is 1. The number of benzene rings is 2. The highest BCUT2D eigenvalue weighted by atomic mass is 16.6. The van der Waals surface area contributed by atoms with Crippen molar-refractivity contribution in [3.05, 3.63) is 89.2 Å². The Morgan fingerprint density at radius 3 is 1.17 bits per heavy atom. The fourth-order valence-electron chi connectivity index (χ4n) is 9.24. The molecule has 0 saturated carbocycles. The molecule has 19 nitrogen and oxygen atoms in total. The highest BCUT2D eigenvalue weighted by molar-refractivity contribution is 5.94. The average Bonchev–Trinajstić information content (AvgIpc) is 3.82. The van der Waals surface area contributed by atoms with E-state index >= 15 is 0 Å². The summed E-state index contributed by atoms with van der Waals surface area (Å²) >= 11 is 0. The summed E-state index contributed by atoms with van der Waals surface area (Å²) in [7, 11) is 5.54. The Labute approximate surface area is 454 Å². The van der Waals surface area contributed by atoms with Gasteiger partial charge in [0.1, 0.15) is 24.2 Å². The van der Waals surface area contributed by atoms with Crippen LogP contribution in [0.4, 0.5) is 0 Å². The van der Waals surface area contributed by atoms with Crippen LogP contribution < -0.4 is 0 Å². The number of rotatable bonds is 16. The second-order valence-electron chi connectivity index (χ2n) is 22.1. The molecule has 2 heterocycles. The summed E-state index contributed by atoms with van der Waals surface area (Å²) in [5.41, 5.74) is 2.99. The molecule has 2 aromatic carbocycles. The van der Waals surface area contributed by atoms with Crippen LogP contribution in [0.1, 0.15) is 117 Å². The SMILES string of the molecule is CC(C)C[C@H]1C(=O)O[C@H](Cc2ccc(Cn3cc(CCO)cn3)cc2)C(=O)N(C)[C@@H](CC(C)C)C(=O)O[C@H](C)C(=O)N(C)[C@@H](CC(C)C)C(=O)O[C@H](Cc2ccccc2)C(=O)N(C)[C@@H](CC(C)C)C(=O)O[C@H](C)C(=O)N1C. The van der Waals surface area contributed by atoms with Gasteiger partial charge < -0.3 is 43.7 Å². The molecule has 424 valence electrons. The fraction of sp³-hybridized carbons (Fsp3) is 0.603. The van der Waals surface area contributed by atoms with Gasteiger partial charge in [-0.1, -0.05) is 110 Å². The Morgan fingerprint density at radius 2 is 0.805 bits per heavy atom. The van der Waals surface area contributed by atoms with Crippen LogP contribution in [-0.2, 0) is 83.1 Å². The lowest BCUT2D eigenvalue weighted by atomic mass is 9.99. The van der Waals surface area contributed by atoms with E-state index in [1.54, 1.807) is 53.3 Å². The van der Waals surface area contributed by atoms with Crippen molar-refractivity contribution in [2.75, 3.05) is 34.8 Å². The van der Waals surface area contributed by atoms with Crippen molar-refractivity contribution in [2.24, 2.45) is 23.7 Å². The first-order valence-corrected chi connectivity index (χ1v) is 26.8. The molecule has 19 heteroatoms. The lowest BCUT2D eigenvalue weighted by Gasteiger charge is -2.35. The van der Waals surface area contributed by atoms with Gasteiger partial charge in [-0.2, -0.15) is 5.10 Å². The van der Waals surface area contributed by atoms with E-state index in [4.69, 9.17) is 18.9 Å². The zero-order valence-corrected chi connectivity index (χ0v) is 47.7. The van der Waals surface area contributed by atoms with Crippen LogP contribution in [0.2, 0.25) is 0 Å². The number of aliphatic hydroxyl groups excluding tert-OH is 1. The van der Waals surface area contributed by atoms with E-state index < -0.39 is 96.1 Å². The molecule has 3 aromatic rings. The van der Waals surface area contributed by atoms with Crippen LogP contribution in [0.15, 0.2) is 67.0 Å². The first-order chi connectivity index (χ1) is 36.2. The van der Waals surface area contributed by atoms with Crippen molar-refractivity contribution in [1.29, 1.82) is 0 Å². The highest BCUT2D eigenvalue weighted by Gasteiger charge is 2.43. The summed E-state index contributed by atoms with van der Waals surface area (Å²) in [6, 6.07) is 11.0. The molecule has 1 N–H and O–H groups in total. The number of carbonyl (C=O) groups is 8. The van der Waals surface area contributed by atoms with Gasteiger partial charge in [-0.15, -0.1) is 0 Å². The number of esters is 4. The van der Waals surface area contributed by atoms with Gasteiger partial charge in [-0.25, -0.2) is 19.2 Å². The Hall–Kier alpha value is -6.63. The van der Waals surface area contributed by atoms with E-state index in [9.17, 15) is 43.5 Å². The Bertz CT molecular complexity index is 2440. The number of hydrogen-bond donors (Lipinski definition) is 1. The second kappa shape index (κ2) is 29.2. The normalized spacial score (nSPS) is 23.7. The maximum atomic E-state index is 15.0. The number of carbonyl (C=O) groups excluding carboxylic acids is 8. The van der Waals surface area contributed by atoms with Crippen molar-refractivity contribution in [3.63, 3.8) is 0 Å². The molecule has 77 heavy (non-hydrogen) atoms. The number of cyclic esters (lactones) is 4. The number of hydrogen-bond acceptors (Lipinski definition) is 14. The Kier molecular flexibility index (Phi) is 23.9. The molecule has 1 aromatic heterocycles. The Morgan fingerprint density at radius 1 is 0.468 bits per heavy atom. The van der Waals surface area contributed by atoms with Crippen molar-refractivity contribution in [3.8, 4) is 0 Å². The van der Waals surface area contributed by atoms with E-state index in [1.807, 2.05) is 73.7 Å². The molecule has 1 aliphatic rings. The Balaban J connectivity index is 1.85. The van der Waals surface area contributed by atoms with Crippen LogP contribution in [-0.4, -0.2) is 165 Å². The minimum absolute atomic E-state index is 0.00864. The van der Waals surface area contributed by atoms with Crippen LogP contribution in [0, 0.1) is 23.7 Å². The molecule has 0 bridgehead atoms. The molecule has 1 saturated heterocycles. The van der Waals surface area contributed by atoms with Gasteiger partial charge >= 0.3 is 23.9 Å². The van der Waals surface area contributed by atoms with Crippen LogP contribution >= 0.6 is 0 Å².